The van der Waals surface area contributed by atoms with E-state index in [1.165, 1.54) is 12.1 Å². The number of carbonyl (C=O) groups excluding carboxylic acids is 1. The summed E-state index contributed by atoms with van der Waals surface area (Å²) >= 11 is 12.1. The molecule has 0 saturated heterocycles. The van der Waals surface area contributed by atoms with Gasteiger partial charge in [-0.2, -0.15) is 0 Å². The standard InChI is InChI=1S/C25H18Cl2N2O6/c1-2-33-23-12-16(5-10-22(23)34-14-15-3-7-18(8-4-15)29(31)32)11-21-25(30)35-24(28-21)19-9-6-17(26)13-20(19)27/h3-13H,2,14H2,1H3/b21-11-. The molecule has 0 aliphatic carbocycles. The zero-order valence-electron chi connectivity index (χ0n) is 18.4. The fourth-order valence-corrected chi connectivity index (χ4v) is 3.71. The molecule has 3 aromatic rings. The van der Waals surface area contributed by atoms with Crippen LogP contribution in [-0.4, -0.2) is 23.4 Å². The second-order valence-corrected chi connectivity index (χ2v) is 8.16. The Bertz CT molecular complexity index is 1350. The SMILES string of the molecule is CCOc1cc(/C=C2\N=C(c3ccc(Cl)cc3Cl)OC2=O)ccc1OCc1ccc([N+](=O)[O-])cc1. The molecule has 0 aromatic heterocycles. The molecule has 35 heavy (non-hydrogen) atoms. The molecule has 8 nitrogen and oxygen atoms in total. The van der Waals surface area contributed by atoms with Gasteiger partial charge < -0.3 is 14.2 Å². The first-order valence-electron chi connectivity index (χ1n) is 10.4. The van der Waals surface area contributed by atoms with Gasteiger partial charge in [0, 0.05) is 17.2 Å². The van der Waals surface area contributed by atoms with Crippen LogP contribution in [0.4, 0.5) is 5.69 Å². The van der Waals surface area contributed by atoms with E-state index in [-0.39, 0.29) is 23.9 Å². The van der Waals surface area contributed by atoms with Crippen molar-refractivity contribution < 1.29 is 23.9 Å². The van der Waals surface area contributed by atoms with Gasteiger partial charge in [0.1, 0.15) is 6.61 Å². The second kappa shape index (κ2) is 10.6. The molecule has 0 unspecified atom stereocenters. The van der Waals surface area contributed by atoms with Crippen molar-refractivity contribution in [3.8, 4) is 11.5 Å². The van der Waals surface area contributed by atoms with Crippen LogP contribution in [-0.2, 0) is 16.1 Å². The molecule has 10 heteroatoms. The van der Waals surface area contributed by atoms with Crippen molar-refractivity contribution in [2.75, 3.05) is 6.61 Å². The maximum Gasteiger partial charge on any atom is 0.363 e. The van der Waals surface area contributed by atoms with Gasteiger partial charge in [-0.25, -0.2) is 9.79 Å². The molecule has 0 atom stereocenters. The molecule has 1 aliphatic heterocycles. The van der Waals surface area contributed by atoms with E-state index < -0.39 is 10.9 Å². The third-order valence-electron chi connectivity index (χ3n) is 4.89. The number of nitrogens with zero attached hydrogens (tertiary/aromatic N) is 2. The first kappa shape index (κ1) is 24.3. The molecule has 0 N–H and O–H groups in total. The van der Waals surface area contributed by atoms with Crippen LogP contribution in [0.25, 0.3) is 6.08 Å². The van der Waals surface area contributed by atoms with Gasteiger partial charge in [0.15, 0.2) is 17.2 Å². The number of non-ortho nitro benzene ring substituents is 1. The lowest BCUT2D eigenvalue weighted by atomic mass is 10.1. The number of carbonyl (C=O) groups is 1. The Morgan fingerprint density at radius 2 is 1.80 bits per heavy atom. The van der Waals surface area contributed by atoms with Gasteiger partial charge in [0.25, 0.3) is 5.69 Å². The number of cyclic esters (lactones) is 1. The number of nitro groups is 1. The summed E-state index contributed by atoms with van der Waals surface area (Å²) in [4.78, 5) is 27.0. The minimum Gasteiger partial charge on any atom is -0.490 e. The lowest BCUT2D eigenvalue weighted by Crippen LogP contribution is -2.06. The summed E-state index contributed by atoms with van der Waals surface area (Å²) in [5.41, 5.74) is 1.98. The third-order valence-corrected chi connectivity index (χ3v) is 5.44. The molecule has 1 heterocycles. The number of nitro benzene ring substituents is 1. The zero-order valence-corrected chi connectivity index (χ0v) is 19.9. The number of hydrogen-bond acceptors (Lipinski definition) is 7. The summed E-state index contributed by atoms with van der Waals surface area (Å²) in [6.45, 7) is 2.43. The fourth-order valence-electron chi connectivity index (χ4n) is 3.22. The Labute approximate surface area is 210 Å². The number of benzene rings is 3. The monoisotopic (exact) mass is 512 g/mol. The largest absolute Gasteiger partial charge is 0.490 e. The van der Waals surface area contributed by atoms with Crippen LogP contribution in [0.15, 0.2) is 71.4 Å². The van der Waals surface area contributed by atoms with Gasteiger partial charge in [0.05, 0.1) is 22.1 Å². The molecular formula is C25H18Cl2N2O6. The molecule has 1 aliphatic rings. The Hall–Kier alpha value is -3.88. The number of aliphatic imine (C=N–C) groups is 1. The van der Waals surface area contributed by atoms with Crippen LogP contribution in [0.5, 0.6) is 11.5 Å². The molecule has 178 valence electrons. The van der Waals surface area contributed by atoms with Gasteiger partial charge in [-0.15, -0.1) is 0 Å². The highest BCUT2D eigenvalue weighted by molar-refractivity contribution is 6.37. The van der Waals surface area contributed by atoms with Crippen LogP contribution in [0.2, 0.25) is 10.0 Å². The lowest BCUT2D eigenvalue weighted by Gasteiger charge is -2.13. The molecule has 0 saturated carbocycles. The van der Waals surface area contributed by atoms with Crippen LogP contribution < -0.4 is 9.47 Å². The Kier molecular flexibility index (Phi) is 7.33. The highest BCUT2D eigenvalue weighted by Crippen LogP contribution is 2.31. The predicted octanol–water partition coefficient (Wildman–Crippen LogP) is 6.22. The van der Waals surface area contributed by atoms with Crippen molar-refractivity contribution in [2.24, 2.45) is 4.99 Å². The number of halogens is 2. The minimum absolute atomic E-state index is 0.00994. The number of rotatable bonds is 8. The van der Waals surface area contributed by atoms with E-state index in [2.05, 4.69) is 4.99 Å². The topological polar surface area (TPSA) is 100 Å². The zero-order chi connectivity index (χ0) is 24.9. The normalized spacial score (nSPS) is 14.0. The van der Waals surface area contributed by atoms with Crippen molar-refractivity contribution >= 4 is 46.8 Å². The van der Waals surface area contributed by atoms with E-state index in [1.54, 1.807) is 54.6 Å². The van der Waals surface area contributed by atoms with Crippen LogP contribution in [0, 0.1) is 10.1 Å². The maximum atomic E-state index is 12.4. The van der Waals surface area contributed by atoms with Gasteiger partial charge in [-0.3, -0.25) is 10.1 Å². The lowest BCUT2D eigenvalue weighted by molar-refractivity contribution is -0.384. The highest BCUT2D eigenvalue weighted by Gasteiger charge is 2.26. The Morgan fingerprint density at radius 3 is 2.49 bits per heavy atom. The summed E-state index contributed by atoms with van der Waals surface area (Å²) in [7, 11) is 0. The predicted molar refractivity (Wildman–Crippen MR) is 132 cm³/mol. The molecular weight excluding hydrogens is 495 g/mol. The molecule has 0 spiro atoms. The van der Waals surface area contributed by atoms with E-state index in [0.29, 0.717) is 39.3 Å². The summed E-state index contributed by atoms with van der Waals surface area (Å²) in [6, 6.07) is 16.1. The fraction of sp³-hybridized carbons (Fsp3) is 0.120. The molecule has 4 rings (SSSR count). The average molecular weight is 513 g/mol. The van der Waals surface area contributed by atoms with Crippen molar-refractivity contribution in [1.29, 1.82) is 0 Å². The van der Waals surface area contributed by atoms with Crippen LogP contribution in [0.1, 0.15) is 23.6 Å². The first-order valence-corrected chi connectivity index (χ1v) is 11.2. The van der Waals surface area contributed by atoms with Gasteiger partial charge in [-0.05, 0) is 66.6 Å². The number of hydrogen-bond donors (Lipinski definition) is 0. The molecule has 0 amide bonds. The van der Waals surface area contributed by atoms with Crippen molar-refractivity contribution in [2.45, 2.75) is 13.5 Å². The summed E-state index contributed by atoms with van der Waals surface area (Å²) in [5.74, 6) is 0.442. The van der Waals surface area contributed by atoms with Crippen molar-refractivity contribution in [3.63, 3.8) is 0 Å². The molecule has 3 aromatic carbocycles. The van der Waals surface area contributed by atoms with E-state index in [9.17, 15) is 14.9 Å². The minimum atomic E-state index is -0.609. The quantitative estimate of drug-likeness (QED) is 0.153. The Morgan fingerprint density at radius 1 is 1.03 bits per heavy atom. The Balaban J connectivity index is 1.54. The van der Waals surface area contributed by atoms with Gasteiger partial charge in [-0.1, -0.05) is 29.3 Å². The molecule has 0 radical (unpaired) electrons. The average Bonchev–Trinajstić information content (AvgIpc) is 3.18. The maximum absolute atomic E-state index is 12.4. The van der Waals surface area contributed by atoms with E-state index >= 15 is 0 Å². The summed E-state index contributed by atoms with van der Waals surface area (Å²) < 4.78 is 16.8. The number of ether oxygens (including phenoxy) is 3. The van der Waals surface area contributed by atoms with Crippen LogP contribution >= 0.6 is 23.2 Å². The number of esters is 1. The van der Waals surface area contributed by atoms with Crippen LogP contribution in [0.3, 0.4) is 0 Å². The highest BCUT2D eigenvalue weighted by atomic mass is 35.5. The summed E-state index contributed by atoms with van der Waals surface area (Å²) in [6.07, 6.45) is 1.57. The summed E-state index contributed by atoms with van der Waals surface area (Å²) in [5, 5.41) is 11.6. The third kappa shape index (κ3) is 5.79. The van der Waals surface area contributed by atoms with Crippen molar-refractivity contribution in [1.82, 2.24) is 0 Å². The van der Waals surface area contributed by atoms with E-state index in [0.717, 1.165) is 5.56 Å². The molecule has 0 fully saturated rings. The van der Waals surface area contributed by atoms with Gasteiger partial charge in [0.2, 0.25) is 5.90 Å². The van der Waals surface area contributed by atoms with Gasteiger partial charge >= 0.3 is 5.97 Å². The molecule has 0 bridgehead atoms. The van der Waals surface area contributed by atoms with Crippen molar-refractivity contribution in [3.05, 3.63) is 103 Å². The van der Waals surface area contributed by atoms with E-state index in [1.807, 2.05) is 6.92 Å². The van der Waals surface area contributed by atoms with E-state index in [4.69, 9.17) is 37.4 Å². The smallest absolute Gasteiger partial charge is 0.363 e. The second-order valence-electron chi connectivity index (χ2n) is 7.31. The first-order chi connectivity index (χ1) is 16.8.